The molecule has 1 atom stereocenters. The Kier molecular flexibility index (Phi) is 6.49. The van der Waals surface area contributed by atoms with Gasteiger partial charge in [-0.3, -0.25) is 9.59 Å². The Labute approximate surface area is 147 Å². The van der Waals surface area contributed by atoms with Gasteiger partial charge in [0.05, 0.1) is 6.54 Å². The predicted octanol–water partition coefficient (Wildman–Crippen LogP) is -0.0596. The van der Waals surface area contributed by atoms with Gasteiger partial charge in [-0.1, -0.05) is 19.0 Å². The van der Waals surface area contributed by atoms with Crippen molar-refractivity contribution in [1.82, 2.24) is 24.8 Å². The van der Waals surface area contributed by atoms with Crippen molar-refractivity contribution in [2.75, 3.05) is 47.4 Å². The molecule has 0 spiro atoms. The molecule has 0 aliphatic carbocycles. The van der Waals surface area contributed by atoms with E-state index in [1.165, 1.54) is 12.0 Å². The third-order valence-electron chi connectivity index (χ3n) is 4.19. The quantitative estimate of drug-likeness (QED) is 0.707. The van der Waals surface area contributed by atoms with Gasteiger partial charge in [0.15, 0.2) is 5.82 Å². The second kappa shape index (κ2) is 8.39. The number of aromatic nitrogens is 2. The highest BCUT2D eigenvalue weighted by Gasteiger charge is 2.35. The van der Waals surface area contributed by atoms with Crippen LogP contribution >= 0.6 is 0 Å². The smallest absolute Gasteiger partial charge is 0.249 e. The molecule has 25 heavy (non-hydrogen) atoms. The third kappa shape index (κ3) is 4.76. The molecule has 1 aliphatic rings. The van der Waals surface area contributed by atoms with E-state index in [1.54, 1.807) is 11.9 Å². The zero-order valence-corrected chi connectivity index (χ0v) is 15.6. The predicted molar refractivity (Wildman–Crippen MR) is 89.7 cm³/mol. The van der Waals surface area contributed by atoms with Gasteiger partial charge in [0.2, 0.25) is 17.7 Å². The Morgan fingerprint density at radius 3 is 2.72 bits per heavy atom. The molecule has 9 nitrogen and oxygen atoms in total. The number of ether oxygens (including phenoxy) is 1. The molecular formula is C16H27N5O4. The van der Waals surface area contributed by atoms with Gasteiger partial charge in [-0.05, 0) is 7.05 Å². The minimum Gasteiger partial charge on any atom is -0.375 e. The minimum atomic E-state index is -0.539. The number of piperazine rings is 1. The lowest BCUT2D eigenvalue weighted by Crippen LogP contribution is -2.60. The van der Waals surface area contributed by atoms with Crippen LogP contribution in [0.25, 0.3) is 0 Å². The number of likely N-dealkylation sites (N-methyl/N-ethyl adjacent to an activating group) is 2. The molecule has 1 aliphatic heterocycles. The Bertz CT molecular complexity index is 603. The van der Waals surface area contributed by atoms with Crippen LogP contribution in [-0.2, 0) is 20.9 Å². The van der Waals surface area contributed by atoms with Crippen LogP contribution in [0, 0.1) is 0 Å². The van der Waals surface area contributed by atoms with Crippen LogP contribution in [0.5, 0.6) is 0 Å². The van der Waals surface area contributed by atoms with E-state index in [2.05, 4.69) is 10.1 Å². The normalized spacial score (nSPS) is 18.6. The van der Waals surface area contributed by atoms with Crippen molar-refractivity contribution >= 4 is 11.8 Å². The number of hydrogen-bond donors (Lipinski definition) is 0. The third-order valence-corrected chi connectivity index (χ3v) is 4.19. The van der Waals surface area contributed by atoms with E-state index in [0.29, 0.717) is 24.8 Å². The highest BCUT2D eigenvalue weighted by molar-refractivity contribution is 5.88. The maximum absolute atomic E-state index is 12.9. The van der Waals surface area contributed by atoms with Gasteiger partial charge in [0.25, 0.3) is 0 Å². The number of methoxy groups -OCH3 is 1. The molecule has 1 unspecified atom stereocenters. The largest absolute Gasteiger partial charge is 0.375 e. The fourth-order valence-corrected chi connectivity index (χ4v) is 2.75. The van der Waals surface area contributed by atoms with Crippen molar-refractivity contribution in [2.45, 2.75) is 32.4 Å². The average molecular weight is 353 g/mol. The molecule has 1 saturated heterocycles. The number of carbonyl (C=O) groups excluding carboxylic acids is 2. The first-order chi connectivity index (χ1) is 11.8. The van der Waals surface area contributed by atoms with E-state index in [1.807, 2.05) is 25.8 Å². The number of carbonyl (C=O) groups is 2. The topological polar surface area (TPSA) is 92.0 Å². The second-order valence-corrected chi connectivity index (χ2v) is 6.70. The van der Waals surface area contributed by atoms with Crippen LogP contribution in [0.4, 0.5) is 0 Å². The lowest BCUT2D eigenvalue weighted by atomic mass is 10.1. The molecule has 2 amide bonds. The zero-order chi connectivity index (χ0) is 18.6. The molecule has 1 aromatic rings. The van der Waals surface area contributed by atoms with Gasteiger partial charge >= 0.3 is 0 Å². The molecule has 1 aromatic heterocycles. The van der Waals surface area contributed by atoms with E-state index in [-0.39, 0.29) is 30.9 Å². The van der Waals surface area contributed by atoms with Crippen LogP contribution in [-0.4, -0.2) is 90.1 Å². The molecule has 0 radical (unpaired) electrons. The molecule has 0 saturated carbocycles. The number of rotatable bonds is 6. The summed E-state index contributed by atoms with van der Waals surface area (Å²) >= 11 is 0. The lowest BCUT2D eigenvalue weighted by molar-refractivity contribution is -0.150. The van der Waals surface area contributed by atoms with Crippen LogP contribution in [0.1, 0.15) is 31.5 Å². The van der Waals surface area contributed by atoms with Crippen molar-refractivity contribution in [3.05, 3.63) is 11.7 Å². The highest BCUT2D eigenvalue weighted by Crippen LogP contribution is 2.15. The summed E-state index contributed by atoms with van der Waals surface area (Å²) in [6.07, 6.45) is 0. The lowest BCUT2D eigenvalue weighted by Gasteiger charge is -2.40. The van der Waals surface area contributed by atoms with E-state index >= 15 is 0 Å². The van der Waals surface area contributed by atoms with Crippen LogP contribution < -0.4 is 0 Å². The summed E-state index contributed by atoms with van der Waals surface area (Å²) in [5, 5.41) is 3.91. The first-order valence-electron chi connectivity index (χ1n) is 8.37. The summed E-state index contributed by atoms with van der Waals surface area (Å²) in [7, 11) is 5.09. The molecule has 2 rings (SSSR count). The van der Waals surface area contributed by atoms with E-state index in [0.717, 1.165) is 6.54 Å². The molecule has 140 valence electrons. The average Bonchev–Trinajstić information content (AvgIpc) is 3.03. The summed E-state index contributed by atoms with van der Waals surface area (Å²) in [5.74, 6) is 0.816. The maximum atomic E-state index is 12.9. The van der Waals surface area contributed by atoms with Crippen molar-refractivity contribution in [3.63, 3.8) is 0 Å². The Morgan fingerprint density at radius 1 is 1.40 bits per heavy atom. The van der Waals surface area contributed by atoms with Gasteiger partial charge in [-0.25, -0.2) is 0 Å². The number of nitrogens with zero attached hydrogens (tertiary/aromatic N) is 5. The summed E-state index contributed by atoms with van der Waals surface area (Å²) in [6, 6.07) is -0.539. The first-order valence-corrected chi connectivity index (χ1v) is 8.37. The van der Waals surface area contributed by atoms with Crippen molar-refractivity contribution in [3.8, 4) is 0 Å². The maximum Gasteiger partial charge on any atom is 0.249 e. The first kappa shape index (κ1) is 19.3. The monoisotopic (exact) mass is 353 g/mol. The fourth-order valence-electron chi connectivity index (χ4n) is 2.75. The van der Waals surface area contributed by atoms with Gasteiger partial charge in [0, 0.05) is 39.7 Å². The Balaban J connectivity index is 2.07. The number of amides is 2. The van der Waals surface area contributed by atoms with Gasteiger partial charge in [-0.15, -0.1) is 0 Å². The van der Waals surface area contributed by atoms with Crippen LogP contribution in [0.3, 0.4) is 0 Å². The zero-order valence-electron chi connectivity index (χ0n) is 15.6. The van der Waals surface area contributed by atoms with Gasteiger partial charge in [-0.2, -0.15) is 4.98 Å². The Hall–Kier alpha value is -2.00. The van der Waals surface area contributed by atoms with Crippen molar-refractivity contribution in [2.24, 2.45) is 0 Å². The van der Waals surface area contributed by atoms with Gasteiger partial charge in [0.1, 0.15) is 12.6 Å². The molecular weight excluding hydrogens is 326 g/mol. The van der Waals surface area contributed by atoms with E-state index in [4.69, 9.17) is 9.26 Å². The highest BCUT2D eigenvalue weighted by atomic mass is 16.5. The van der Waals surface area contributed by atoms with E-state index in [9.17, 15) is 9.59 Å². The SMILES string of the molecule is COCC(=O)N1CCN(C)CC1C(=O)N(C)Cc1noc(C(C)C)n1. The minimum absolute atomic E-state index is 0.0280. The molecule has 0 aromatic carbocycles. The van der Waals surface area contributed by atoms with Crippen LogP contribution in [0.15, 0.2) is 4.52 Å². The van der Waals surface area contributed by atoms with Gasteiger partial charge < -0.3 is 24.0 Å². The second-order valence-electron chi connectivity index (χ2n) is 6.70. The Morgan fingerprint density at radius 2 is 2.12 bits per heavy atom. The molecule has 0 bridgehead atoms. The number of hydrogen-bond acceptors (Lipinski definition) is 7. The summed E-state index contributed by atoms with van der Waals surface area (Å²) in [6.45, 7) is 5.85. The van der Waals surface area contributed by atoms with E-state index < -0.39 is 6.04 Å². The van der Waals surface area contributed by atoms with Crippen molar-refractivity contribution < 1.29 is 18.8 Å². The summed E-state index contributed by atoms with van der Waals surface area (Å²) in [5.41, 5.74) is 0. The van der Waals surface area contributed by atoms with Crippen LogP contribution in [0.2, 0.25) is 0 Å². The summed E-state index contributed by atoms with van der Waals surface area (Å²) in [4.78, 5) is 34.6. The summed E-state index contributed by atoms with van der Waals surface area (Å²) < 4.78 is 10.1. The molecule has 9 heteroatoms. The fraction of sp³-hybridized carbons (Fsp3) is 0.750. The molecule has 1 fully saturated rings. The standard InChI is InChI=1S/C16H27N5O4/c1-11(2)15-17-13(18-25-15)9-20(4)16(23)12-8-19(3)6-7-21(12)14(22)10-24-5/h11-12H,6-10H2,1-5H3. The molecule has 0 N–H and O–H groups in total. The van der Waals surface area contributed by atoms with Crippen molar-refractivity contribution in [1.29, 1.82) is 0 Å². The molecule has 2 heterocycles.